The Morgan fingerprint density at radius 1 is 1.19 bits per heavy atom. The van der Waals surface area contributed by atoms with Crippen LogP contribution in [0.3, 0.4) is 0 Å². The van der Waals surface area contributed by atoms with Gasteiger partial charge in [0.1, 0.15) is 11.7 Å². The van der Waals surface area contributed by atoms with Gasteiger partial charge in [-0.05, 0) is 67.0 Å². The molecule has 0 aromatic carbocycles. The Hall–Kier alpha value is -1.34. The predicted octanol–water partition coefficient (Wildman–Crippen LogP) is 2.27. The summed E-state index contributed by atoms with van der Waals surface area (Å²) in [5.41, 5.74) is -2.69. The summed E-state index contributed by atoms with van der Waals surface area (Å²) in [6, 6.07) is -0.170. The third-order valence-electron chi connectivity index (χ3n) is 9.91. The van der Waals surface area contributed by atoms with Crippen molar-refractivity contribution in [2.45, 2.75) is 148 Å². The highest BCUT2D eigenvalue weighted by molar-refractivity contribution is 5.73. The molecule has 3 fully saturated rings. The summed E-state index contributed by atoms with van der Waals surface area (Å²) in [4.78, 5) is 27.6. The van der Waals surface area contributed by atoms with E-state index in [0.717, 1.165) is 0 Å². The van der Waals surface area contributed by atoms with Crippen molar-refractivity contribution in [3.05, 3.63) is 0 Å². The van der Waals surface area contributed by atoms with Crippen LogP contribution in [-0.4, -0.2) is 113 Å². The van der Waals surface area contributed by atoms with Gasteiger partial charge in [-0.15, -0.1) is 0 Å². The quantitative estimate of drug-likeness (QED) is 0.370. The normalized spacial score (nSPS) is 45.5. The smallest absolute Gasteiger partial charge is 0.311 e. The van der Waals surface area contributed by atoms with Crippen molar-refractivity contribution in [2.75, 3.05) is 14.1 Å². The highest BCUT2D eigenvalue weighted by Crippen LogP contribution is 2.47. The number of carbonyl (C=O) groups is 2. The van der Waals surface area contributed by atoms with E-state index in [0.29, 0.717) is 12.8 Å². The molecule has 3 N–H and O–H groups in total. The monoisotopic (exact) mass is 601 g/mol. The summed E-state index contributed by atoms with van der Waals surface area (Å²) in [7, 11) is 3.83. The molecule has 0 aromatic heterocycles. The fourth-order valence-corrected chi connectivity index (χ4v) is 7.51. The molecule has 5 unspecified atom stereocenters. The van der Waals surface area contributed by atoms with Gasteiger partial charge in [-0.1, -0.05) is 27.7 Å². The summed E-state index contributed by atoms with van der Waals surface area (Å²) in [6.07, 6.45) is -5.09. The lowest BCUT2D eigenvalue weighted by molar-refractivity contribution is -0.303. The number of hydrogen-bond acceptors (Lipinski definition) is 11. The van der Waals surface area contributed by atoms with Crippen LogP contribution < -0.4 is 0 Å². The molecule has 3 rings (SSSR count). The number of esters is 2. The minimum absolute atomic E-state index is 0.0435. The Bertz CT molecular complexity index is 945. The molecule has 11 nitrogen and oxygen atoms in total. The van der Waals surface area contributed by atoms with Gasteiger partial charge in [0, 0.05) is 18.8 Å². The Balaban J connectivity index is 2.08. The fraction of sp³-hybridized carbons (Fsp3) is 0.935. The zero-order valence-corrected chi connectivity index (χ0v) is 27.3. The molecule has 3 heterocycles. The second-order valence-corrected chi connectivity index (χ2v) is 13.8. The van der Waals surface area contributed by atoms with E-state index >= 15 is 0 Å². The minimum Gasteiger partial charge on any atom is -0.459 e. The molecule has 3 aliphatic heterocycles. The van der Waals surface area contributed by atoms with Gasteiger partial charge in [0.25, 0.3) is 0 Å². The van der Waals surface area contributed by atoms with Gasteiger partial charge in [0.15, 0.2) is 12.4 Å². The van der Waals surface area contributed by atoms with Gasteiger partial charge in [-0.2, -0.15) is 0 Å². The van der Waals surface area contributed by atoms with Crippen molar-refractivity contribution in [3.8, 4) is 0 Å². The van der Waals surface area contributed by atoms with E-state index in [9.17, 15) is 24.9 Å². The molecular formula is C31H55NO10. The number of cyclic esters (lactones) is 1. The van der Waals surface area contributed by atoms with Gasteiger partial charge in [0.2, 0.25) is 0 Å². The number of aliphatic hydroxyl groups is 3. The average molecular weight is 602 g/mol. The van der Waals surface area contributed by atoms with Crippen LogP contribution in [0.1, 0.15) is 81.6 Å². The van der Waals surface area contributed by atoms with Crippen molar-refractivity contribution in [1.29, 1.82) is 0 Å². The van der Waals surface area contributed by atoms with E-state index < -0.39 is 83.8 Å². The Morgan fingerprint density at radius 3 is 2.36 bits per heavy atom. The van der Waals surface area contributed by atoms with Crippen molar-refractivity contribution in [1.82, 2.24) is 4.90 Å². The average Bonchev–Trinajstić information content (AvgIpc) is 3.22. The molecule has 15 atom stereocenters. The zero-order valence-electron chi connectivity index (χ0n) is 27.3. The highest BCUT2D eigenvalue weighted by atomic mass is 16.7. The standard InChI is InChI=1S/C31H55NO10/c1-12-22(34)31(9,37)27-19(6)24-15(2)14-30(8,42-24)26(17(4)23(35)18(5)28(36)40-27)41-29-25(39-20(7)33)21(32(10)11)13-16(3)38-29/h15-19,21-27,29,34-35,37H,12-14H2,1-11H3/t15?,16?,17-,18+,19-,21?,22+,23-,24?,25?,26+,27+,29-,30-,31+/m0/s1. The number of aliphatic hydroxyl groups excluding tert-OH is 2. The van der Waals surface area contributed by atoms with Crippen molar-refractivity contribution in [2.24, 2.45) is 23.7 Å². The van der Waals surface area contributed by atoms with E-state index in [1.54, 1.807) is 20.8 Å². The van der Waals surface area contributed by atoms with Gasteiger partial charge < -0.3 is 43.9 Å². The van der Waals surface area contributed by atoms with Crippen LogP contribution in [0.25, 0.3) is 0 Å². The molecule has 11 heteroatoms. The van der Waals surface area contributed by atoms with Gasteiger partial charge in [-0.25, -0.2) is 0 Å². The van der Waals surface area contributed by atoms with Gasteiger partial charge in [-0.3, -0.25) is 9.59 Å². The van der Waals surface area contributed by atoms with Crippen LogP contribution in [0.15, 0.2) is 0 Å². The number of likely N-dealkylation sites (N-methyl/N-ethyl adjacent to an activating group) is 1. The largest absolute Gasteiger partial charge is 0.459 e. The van der Waals surface area contributed by atoms with Crippen LogP contribution in [0.5, 0.6) is 0 Å². The number of ether oxygens (including phenoxy) is 5. The molecule has 42 heavy (non-hydrogen) atoms. The van der Waals surface area contributed by atoms with Crippen LogP contribution in [0, 0.1) is 23.7 Å². The Morgan fingerprint density at radius 2 is 1.81 bits per heavy atom. The molecular weight excluding hydrogens is 546 g/mol. The maximum Gasteiger partial charge on any atom is 0.311 e. The molecule has 0 radical (unpaired) electrons. The van der Waals surface area contributed by atoms with Crippen LogP contribution in [0.2, 0.25) is 0 Å². The van der Waals surface area contributed by atoms with Crippen LogP contribution >= 0.6 is 0 Å². The topological polar surface area (TPSA) is 144 Å². The van der Waals surface area contributed by atoms with Gasteiger partial charge >= 0.3 is 11.9 Å². The number of carbonyl (C=O) groups excluding carboxylic acids is 2. The number of fused-ring (bicyclic) bond motifs is 2. The second kappa shape index (κ2) is 13.3. The molecule has 244 valence electrons. The van der Waals surface area contributed by atoms with Crippen molar-refractivity contribution >= 4 is 11.9 Å². The third-order valence-corrected chi connectivity index (χ3v) is 9.91. The van der Waals surface area contributed by atoms with Crippen molar-refractivity contribution < 1.29 is 48.6 Å². The first-order chi connectivity index (χ1) is 19.3. The molecule has 0 aromatic rings. The van der Waals surface area contributed by atoms with E-state index in [4.69, 9.17) is 23.7 Å². The number of rotatable bonds is 7. The fourth-order valence-electron chi connectivity index (χ4n) is 7.51. The summed E-state index contributed by atoms with van der Waals surface area (Å²) >= 11 is 0. The molecule has 0 saturated carbocycles. The number of hydrogen-bond donors (Lipinski definition) is 3. The van der Waals surface area contributed by atoms with E-state index in [1.165, 1.54) is 13.8 Å². The van der Waals surface area contributed by atoms with Crippen LogP contribution in [-0.2, 0) is 33.3 Å². The lowest BCUT2D eigenvalue weighted by Gasteiger charge is -2.47. The lowest BCUT2D eigenvalue weighted by atomic mass is 9.76. The third kappa shape index (κ3) is 6.98. The molecule has 3 aliphatic rings. The zero-order chi connectivity index (χ0) is 31.9. The maximum absolute atomic E-state index is 13.5. The van der Waals surface area contributed by atoms with E-state index in [-0.39, 0.29) is 24.5 Å². The van der Waals surface area contributed by atoms with Gasteiger partial charge in [0.05, 0.1) is 48.1 Å². The summed E-state index contributed by atoms with van der Waals surface area (Å²) in [5.74, 6) is -3.29. The molecule has 0 spiro atoms. The Kier molecular flexibility index (Phi) is 11.2. The first-order valence-electron chi connectivity index (χ1n) is 15.5. The highest BCUT2D eigenvalue weighted by Gasteiger charge is 2.58. The second-order valence-electron chi connectivity index (χ2n) is 13.8. The lowest BCUT2D eigenvalue weighted by Crippen LogP contribution is -2.59. The number of nitrogens with zero attached hydrogens (tertiary/aromatic N) is 1. The summed E-state index contributed by atoms with van der Waals surface area (Å²) < 4.78 is 31.5. The predicted molar refractivity (Wildman–Crippen MR) is 154 cm³/mol. The summed E-state index contributed by atoms with van der Waals surface area (Å²) in [6.45, 7) is 15.7. The maximum atomic E-state index is 13.5. The van der Waals surface area contributed by atoms with Crippen molar-refractivity contribution in [3.63, 3.8) is 0 Å². The summed E-state index contributed by atoms with van der Waals surface area (Å²) in [5, 5.41) is 33.7. The van der Waals surface area contributed by atoms with Crippen LogP contribution in [0.4, 0.5) is 0 Å². The molecule has 3 saturated heterocycles. The first-order valence-corrected chi connectivity index (χ1v) is 15.5. The first kappa shape index (κ1) is 35.1. The SMILES string of the molecule is CC[C@@H](O)[C@@](C)(O)[C@@H]1OC(=O)[C@H](C)[C@@H](O)[C@H](C)[C@@H](O[C@@H]2OC(C)CC(N(C)C)C2OC(C)=O)[C@]2(C)CC(C)C(O2)[C@@H]1C. The molecule has 2 bridgehead atoms. The molecule has 0 amide bonds. The van der Waals surface area contributed by atoms with E-state index in [1.807, 2.05) is 46.7 Å². The minimum atomic E-state index is -1.75. The molecule has 0 aliphatic carbocycles. The Labute approximate surface area is 251 Å². The van der Waals surface area contributed by atoms with E-state index in [2.05, 4.69) is 0 Å².